The van der Waals surface area contributed by atoms with Crippen LogP contribution in [-0.4, -0.2) is 50.4 Å². The van der Waals surface area contributed by atoms with Gasteiger partial charge in [0.15, 0.2) is 0 Å². The summed E-state index contributed by atoms with van der Waals surface area (Å²) in [6.07, 6.45) is -0.478. The number of aromatic amines is 1. The molecule has 11 heteroatoms. The Bertz CT molecular complexity index is 678. The van der Waals surface area contributed by atoms with Gasteiger partial charge in [-0.25, -0.2) is 9.78 Å². The second-order valence-electron chi connectivity index (χ2n) is 5.49. The van der Waals surface area contributed by atoms with Crippen molar-refractivity contribution in [3.8, 4) is 0 Å². The highest BCUT2D eigenvalue weighted by molar-refractivity contribution is 7.15. The first kappa shape index (κ1) is 16.7. The maximum absolute atomic E-state index is 12.3. The lowest BCUT2D eigenvalue weighted by Crippen LogP contribution is -2.40. The molecule has 1 fully saturated rings. The SMILES string of the molecule is O=C(Nc1nnc(CC(F)(F)F)s1)N1CCC(c2cnc[nH]2)CC1. The molecule has 2 aromatic rings. The van der Waals surface area contributed by atoms with Gasteiger partial charge in [-0.3, -0.25) is 5.32 Å². The molecule has 7 nitrogen and oxygen atoms in total. The lowest BCUT2D eigenvalue weighted by Gasteiger charge is -2.31. The predicted octanol–water partition coefficient (Wildman–Crippen LogP) is 2.78. The number of anilines is 1. The summed E-state index contributed by atoms with van der Waals surface area (Å²) >= 11 is 0.737. The molecule has 2 amide bonds. The first-order valence-corrected chi connectivity index (χ1v) is 8.16. The molecule has 1 saturated heterocycles. The lowest BCUT2D eigenvalue weighted by molar-refractivity contribution is -0.127. The van der Waals surface area contributed by atoms with Crippen LogP contribution in [0, 0.1) is 0 Å². The Morgan fingerprint density at radius 2 is 2.12 bits per heavy atom. The van der Waals surface area contributed by atoms with Crippen LogP contribution in [0.4, 0.5) is 23.1 Å². The minimum Gasteiger partial charge on any atom is -0.348 e. The van der Waals surface area contributed by atoms with Gasteiger partial charge < -0.3 is 9.88 Å². The number of aromatic nitrogens is 4. The molecule has 3 heterocycles. The third kappa shape index (κ3) is 4.22. The van der Waals surface area contributed by atoms with E-state index in [0.29, 0.717) is 19.0 Å². The summed E-state index contributed by atoms with van der Waals surface area (Å²) < 4.78 is 36.9. The van der Waals surface area contributed by atoms with Crippen molar-refractivity contribution >= 4 is 22.5 Å². The van der Waals surface area contributed by atoms with Gasteiger partial charge in [0, 0.05) is 30.9 Å². The Balaban J connectivity index is 1.51. The molecule has 130 valence electrons. The molecule has 0 saturated carbocycles. The summed E-state index contributed by atoms with van der Waals surface area (Å²) in [7, 11) is 0. The van der Waals surface area contributed by atoms with E-state index in [1.807, 2.05) is 0 Å². The quantitative estimate of drug-likeness (QED) is 0.881. The number of rotatable bonds is 3. The molecule has 3 rings (SSSR count). The molecular formula is C13H15F3N6OS. The van der Waals surface area contributed by atoms with Crippen LogP contribution in [-0.2, 0) is 6.42 Å². The second kappa shape index (κ2) is 6.75. The van der Waals surface area contributed by atoms with Crippen molar-refractivity contribution in [2.75, 3.05) is 18.4 Å². The minimum absolute atomic E-state index is 0.0786. The van der Waals surface area contributed by atoms with Gasteiger partial charge in [-0.2, -0.15) is 13.2 Å². The zero-order valence-corrected chi connectivity index (χ0v) is 13.3. The first-order valence-electron chi connectivity index (χ1n) is 7.34. The average Bonchev–Trinajstić information content (AvgIpc) is 3.18. The Kier molecular flexibility index (Phi) is 4.69. The van der Waals surface area contributed by atoms with E-state index >= 15 is 0 Å². The largest absolute Gasteiger partial charge is 0.395 e. The molecule has 0 unspecified atom stereocenters. The third-order valence-electron chi connectivity index (χ3n) is 3.77. The van der Waals surface area contributed by atoms with Crippen molar-refractivity contribution in [1.82, 2.24) is 25.1 Å². The van der Waals surface area contributed by atoms with E-state index < -0.39 is 12.6 Å². The summed E-state index contributed by atoms with van der Waals surface area (Å²) in [6, 6.07) is -0.368. The van der Waals surface area contributed by atoms with Crippen LogP contribution in [0.2, 0.25) is 0 Å². The summed E-state index contributed by atoms with van der Waals surface area (Å²) in [5, 5.41) is 9.46. The Labute approximate surface area is 139 Å². The van der Waals surface area contributed by atoms with Gasteiger partial charge in [0.2, 0.25) is 5.13 Å². The Morgan fingerprint density at radius 1 is 1.38 bits per heavy atom. The lowest BCUT2D eigenvalue weighted by atomic mass is 9.94. The van der Waals surface area contributed by atoms with Crippen LogP contribution in [0.15, 0.2) is 12.5 Å². The number of nitrogens with one attached hydrogen (secondary N) is 2. The van der Waals surface area contributed by atoms with E-state index in [-0.39, 0.29) is 16.2 Å². The molecule has 0 bridgehead atoms. The number of hydrogen-bond acceptors (Lipinski definition) is 5. The zero-order valence-electron chi connectivity index (χ0n) is 12.5. The third-order valence-corrected chi connectivity index (χ3v) is 4.61. The van der Waals surface area contributed by atoms with E-state index in [4.69, 9.17) is 0 Å². The van der Waals surface area contributed by atoms with E-state index in [9.17, 15) is 18.0 Å². The molecule has 1 aliphatic rings. The van der Waals surface area contributed by atoms with Crippen LogP contribution in [0.3, 0.4) is 0 Å². The summed E-state index contributed by atoms with van der Waals surface area (Å²) in [5.74, 6) is 0.330. The van der Waals surface area contributed by atoms with E-state index in [1.54, 1.807) is 17.4 Å². The Morgan fingerprint density at radius 3 is 2.75 bits per heavy atom. The van der Waals surface area contributed by atoms with Crippen molar-refractivity contribution in [3.05, 3.63) is 23.2 Å². The van der Waals surface area contributed by atoms with E-state index in [1.165, 1.54) is 0 Å². The van der Waals surface area contributed by atoms with Gasteiger partial charge in [-0.15, -0.1) is 10.2 Å². The number of nitrogens with zero attached hydrogens (tertiary/aromatic N) is 4. The summed E-state index contributed by atoms with van der Waals surface area (Å²) in [6.45, 7) is 1.12. The number of carbonyl (C=O) groups excluding carboxylic acids is 1. The van der Waals surface area contributed by atoms with Crippen LogP contribution in [0.5, 0.6) is 0 Å². The van der Waals surface area contributed by atoms with Gasteiger partial charge in [-0.05, 0) is 12.8 Å². The number of halogens is 3. The molecule has 24 heavy (non-hydrogen) atoms. The van der Waals surface area contributed by atoms with Crippen LogP contribution < -0.4 is 5.32 Å². The number of hydrogen-bond donors (Lipinski definition) is 2. The van der Waals surface area contributed by atoms with Gasteiger partial charge in [0.05, 0.1) is 12.7 Å². The normalized spacial score (nSPS) is 16.4. The van der Waals surface area contributed by atoms with Crippen molar-refractivity contribution in [2.45, 2.75) is 31.4 Å². The summed E-state index contributed by atoms with van der Waals surface area (Å²) in [5.41, 5.74) is 1.05. The number of alkyl halides is 3. The molecule has 0 radical (unpaired) electrons. The fourth-order valence-electron chi connectivity index (χ4n) is 2.60. The molecular weight excluding hydrogens is 345 g/mol. The maximum Gasteiger partial charge on any atom is 0.395 e. The fourth-order valence-corrected chi connectivity index (χ4v) is 3.36. The van der Waals surface area contributed by atoms with Crippen LogP contribution in [0.25, 0.3) is 0 Å². The number of urea groups is 1. The molecule has 0 aliphatic carbocycles. The highest BCUT2D eigenvalue weighted by Crippen LogP contribution is 2.28. The molecule has 0 aromatic carbocycles. The first-order chi connectivity index (χ1) is 11.4. The van der Waals surface area contributed by atoms with Crippen molar-refractivity contribution in [2.24, 2.45) is 0 Å². The Hall–Kier alpha value is -2.17. The van der Waals surface area contributed by atoms with Crippen molar-refractivity contribution in [1.29, 1.82) is 0 Å². The number of likely N-dealkylation sites (tertiary alicyclic amines) is 1. The van der Waals surface area contributed by atoms with Crippen molar-refractivity contribution in [3.63, 3.8) is 0 Å². The van der Waals surface area contributed by atoms with E-state index in [0.717, 1.165) is 29.9 Å². The molecule has 0 spiro atoms. The van der Waals surface area contributed by atoms with E-state index in [2.05, 4.69) is 25.5 Å². The summed E-state index contributed by atoms with van der Waals surface area (Å²) in [4.78, 5) is 20.9. The standard InChI is InChI=1S/C13H15F3N6OS/c14-13(15,16)5-10-20-21-11(24-10)19-12(23)22-3-1-8(2-4-22)9-6-17-7-18-9/h6-8H,1-5H2,(H,17,18)(H,19,21,23). The topological polar surface area (TPSA) is 86.8 Å². The molecule has 2 aromatic heterocycles. The molecule has 2 N–H and O–H groups in total. The maximum atomic E-state index is 12.3. The molecule has 1 aliphatic heterocycles. The van der Waals surface area contributed by atoms with Crippen molar-refractivity contribution < 1.29 is 18.0 Å². The second-order valence-corrected chi connectivity index (χ2v) is 6.55. The number of piperidine rings is 1. The highest BCUT2D eigenvalue weighted by Gasteiger charge is 2.30. The van der Waals surface area contributed by atoms with Crippen LogP contribution in [0.1, 0.15) is 29.5 Å². The predicted molar refractivity (Wildman–Crippen MR) is 80.8 cm³/mol. The van der Waals surface area contributed by atoms with Gasteiger partial charge >= 0.3 is 12.2 Å². The monoisotopic (exact) mass is 360 g/mol. The van der Waals surface area contributed by atoms with Gasteiger partial charge in [-0.1, -0.05) is 11.3 Å². The fraction of sp³-hybridized carbons (Fsp3) is 0.538. The number of H-pyrrole nitrogens is 1. The number of imidazole rings is 1. The number of amides is 2. The average molecular weight is 360 g/mol. The highest BCUT2D eigenvalue weighted by atomic mass is 32.1. The number of carbonyl (C=O) groups is 1. The van der Waals surface area contributed by atoms with Gasteiger partial charge in [0.25, 0.3) is 0 Å². The van der Waals surface area contributed by atoms with Gasteiger partial charge in [0.1, 0.15) is 5.01 Å². The smallest absolute Gasteiger partial charge is 0.348 e. The zero-order chi connectivity index (χ0) is 17.2. The minimum atomic E-state index is -4.34. The van der Waals surface area contributed by atoms with Crippen LogP contribution >= 0.6 is 11.3 Å². The molecule has 0 atom stereocenters.